The van der Waals surface area contributed by atoms with Crippen LogP contribution < -0.4 is 0 Å². The van der Waals surface area contributed by atoms with Crippen molar-refractivity contribution in [2.24, 2.45) is 0 Å². The maximum Gasteiger partial charge on any atom is 0.188 e. The van der Waals surface area contributed by atoms with Crippen molar-refractivity contribution in [2.45, 2.75) is 19.0 Å². The van der Waals surface area contributed by atoms with E-state index in [4.69, 9.17) is 23.2 Å². The van der Waals surface area contributed by atoms with Crippen molar-refractivity contribution in [1.29, 1.82) is 0 Å². The predicted octanol–water partition coefficient (Wildman–Crippen LogP) is 4.38. The van der Waals surface area contributed by atoms with Gasteiger partial charge in [0.15, 0.2) is 10.9 Å². The minimum Gasteiger partial charge on any atom is -0.293 e. The van der Waals surface area contributed by atoms with Gasteiger partial charge in [0.05, 0.1) is 15.8 Å². The molecule has 0 aliphatic heterocycles. The average Bonchev–Trinajstić information content (AvgIpc) is 2.38. The highest BCUT2D eigenvalue weighted by Gasteiger charge is 2.10. The minimum atomic E-state index is -0.0312. The van der Waals surface area contributed by atoms with Gasteiger partial charge in [0.2, 0.25) is 0 Å². The van der Waals surface area contributed by atoms with E-state index >= 15 is 0 Å². The zero-order chi connectivity index (χ0) is 14.7. The number of nitrogens with zero attached hydrogens (tertiary/aromatic N) is 2. The molecule has 104 valence electrons. The van der Waals surface area contributed by atoms with Crippen molar-refractivity contribution in [2.75, 3.05) is 5.75 Å². The molecule has 0 N–H and O–H groups in total. The Labute approximate surface area is 131 Å². The molecule has 0 saturated heterocycles. The largest absolute Gasteiger partial charge is 0.293 e. The SMILES string of the molecule is Cc1cc(C)nc(SCC(=O)c2ccc(Cl)c(Cl)c2)n1. The van der Waals surface area contributed by atoms with E-state index in [1.165, 1.54) is 11.8 Å². The molecule has 3 nitrogen and oxygen atoms in total. The average molecular weight is 327 g/mol. The van der Waals surface area contributed by atoms with Crippen molar-refractivity contribution < 1.29 is 4.79 Å². The molecule has 0 bridgehead atoms. The van der Waals surface area contributed by atoms with Gasteiger partial charge in [0.1, 0.15) is 0 Å². The van der Waals surface area contributed by atoms with E-state index in [2.05, 4.69) is 9.97 Å². The maximum atomic E-state index is 12.1. The van der Waals surface area contributed by atoms with E-state index in [1.54, 1.807) is 18.2 Å². The molecule has 0 saturated carbocycles. The highest BCUT2D eigenvalue weighted by Crippen LogP contribution is 2.24. The summed E-state index contributed by atoms with van der Waals surface area (Å²) in [6, 6.07) is 6.76. The van der Waals surface area contributed by atoms with Crippen LogP contribution in [0.2, 0.25) is 10.0 Å². The second-order valence-corrected chi connectivity index (χ2v) is 6.03. The Hall–Kier alpha value is -1.10. The number of hydrogen-bond acceptors (Lipinski definition) is 4. The molecule has 20 heavy (non-hydrogen) atoms. The molecule has 0 aliphatic rings. The molecule has 1 aromatic heterocycles. The summed E-state index contributed by atoms with van der Waals surface area (Å²) in [7, 11) is 0. The van der Waals surface area contributed by atoms with Crippen molar-refractivity contribution in [3.05, 3.63) is 51.3 Å². The summed E-state index contributed by atoms with van der Waals surface area (Å²) >= 11 is 13.0. The smallest absolute Gasteiger partial charge is 0.188 e. The van der Waals surface area contributed by atoms with Crippen molar-refractivity contribution >= 4 is 40.7 Å². The zero-order valence-corrected chi connectivity index (χ0v) is 13.3. The number of Topliss-reactive ketones (excluding diaryl/α,β-unsaturated/α-hetero) is 1. The van der Waals surface area contributed by atoms with E-state index in [-0.39, 0.29) is 11.5 Å². The Morgan fingerprint density at radius 1 is 1.10 bits per heavy atom. The summed E-state index contributed by atoms with van der Waals surface area (Å²) in [4.78, 5) is 20.6. The topological polar surface area (TPSA) is 42.9 Å². The first-order chi connectivity index (χ1) is 9.45. The third-order valence-corrected chi connectivity index (χ3v) is 4.12. The normalized spacial score (nSPS) is 10.6. The number of ketones is 1. The fourth-order valence-corrected chi connectivity index (χ4v) is 2.78. The Bertz CT molecular complexity index is 641. The first-order valence-electron chi connectivity index (χ1n) is 5.89. The Morgan fingerprint density at radius 3 is 2.35 bits per heavy atom. The molecule has 6 heteroatoms. The second-order valence-electron chi connectivity index (χ2n) is 4.27. The van der Waals surface area contributed by atoms with Gasteiger partial charge in [-0.2, -0.15) is 0 Å². The second kappa shape index (κ2) is 6.57. The molecule has 0 atom stereocenters. The van der Waals surface area contributed by atoms with Crippen LogP contribution in [-0.4, -0.2) is 21.5 Å². The molecule has 0 amide bonds. The van der Waals surface area contributed by atoms with E-state index in [0.717, 1.165) is 11.4 Å². The number of thioether (sulfide) groups is 1. The number of carbonyl (C=O) groups is 1. The molecule has 1 heterocycles. The molecule has 0 unspecified atom stereocenters. The Kier molecular flexibility index (Phi) is 5.02. The van der Waals surface area contributed by atoms with Crippen LogP contribution in [0.5, 0.6) is 0 Å². The van der Waals surface area contributed by atoms with E-state index in [0.29, 0.717) is 20.8 Å². The van der Waals surface area contributed by atoms with Crippen LogP contribution >= 0.6 is 35.0 Å². The van der Waals surface area contributed by atoms with Gasteiger partial charge in [-0.05, 0) is 38.1 Å². The number of hydrogen-bond donors (Lipinski definition) is 0. The van der Waals surface area contributed by atoms with Gasteiger partial charge in [-0.3, -0.25) is 4.79 Å². The summed E-state index contributed by atoms with van der Waals surface area (Å²) in [6.07, 6.45) is 0. The first kappa shape index (κ1) is 15.3. The third kappa shape index (κ3) is 3.95. The Balaban J connectivity index is 2.06. The predicted molar refractivity (Wildman–Crippen MR) is 83.0 cm³/mol. The quantitative estimate of drug-likeness (QED) is 0.475. The van der Waals surface area contributed by atoms with E-state index < -0.39 is 0 Å². The summed E-state index contributed by atoms with van der Waals surface area (Å²) in [6.45, 7) is 3.80. The molecule has 0 aliphatic carbocycles. The zero-order valence-electron chi connectivity index (χ0n) is 11.0. The van der Waals surface area contributed by atoms with Crippen LogP contribution in [0.25, 0.3) is 0 Å². The molecule has 0 radical (unpaired) electrons. The van der Waals surface area contributed by atoms with Gasteiger partial charge >= 0.3 is 0 Å². The number of carbonyl (C=O) groups excluding carboxylic acids is 1. The molecular weight excluding hydrogens is 315 g/mol. The number of halogens is 2. The van der Waals surface area contributed by atoms with Gasteiger partial charge in [-0.25, -0.2) is 9.97 Å². The maximum absolute atomic E-state index is 12.1. The molecule has 0 spiro atoms. The lowest BCUT2D eigenvalue weighted by atomic mass is 10.1. The summed E-state index contributed by atoms with van der Waals surface area (Å²) in [5, 5.41) is 1.43. The number of rotatable bonds is 4. The van der Waals surface area contributed by atoms with Crippen molar-refractivity contribution in [3.63, 3.8) is 0 Å². The van der Waals surface area contributed by atoms with Crippen LogP contribution in [0.3, 0.4) is 0 Å². The molecular formula is C14H12Cl2N2OS. The number of aromatic nitrogens is 2. The monoisotopic (exact) mass is 326 g/mol. The van der Waals surface area contributed by atoms with Gasteiger partial charge in [-0.1, -0.05) is 35.0 Å². The van der Waals surface area contributed by atoms with Crippen molar-refractivity contribution in [3.8, 4) is 0 Å². The van der Waals surface area contributed by atoms with E-state index in [9.17, 15) is 4.79 Å². The van der Waals surface area contributed by atoms with Gasteiger partial charge in [-0.15, -0.1) is 0 Å². The van der Waals surface area contributed by atoms with Crippen LogP contribution in [0.15, 0.2) is 29.4 Å². The minimum absolute atomic E-state index is 0.0312. The summed E-state index contributed by atoms with van der Waals surface area (Å²) < 4.78 is 0. The fraction of sp³-hybridized carbons (Fsp3) is 0.214. The highest BCUT2D eigenvalue weighted by atomic mass is 35.5. The van der Waals surface area contributed by atoms with Crippen LogP contribution in [0.4, 0.5) is 0 Å². The lowest BCUT2D eigenvalue weighted by Gasteiger charge is -2.04. The lowest BCUT2D eigenvalue weighted by Crippen LogP contribution is -2.03. The fourth-order valence-electron chi connectivity index (χ4n) is 1.64. The summed E-state index contributed by atoms with van der Waals surface area (Å²) in [5.41, 5.74) is 2.32. The van der Waals surface area contributed by atoms with Gasteiger partial charge < -0.3 is 0 Å². The van der Waals surface area contributed by atoms with E-state index in [1.807, 2.05) is 19.9 Å². The molecule has 2 rings (SSSR count). The van der Waals surface area contributed by atoms with Crippen molar-refractivity contribution in [1.82, 2.24) is 9.97 Å². The highest BCUT2D eigenvalue weighted by molar-refractivity contribution is 7.99. The lowest BCUT2D eigenvalue weighted by molar-refractivity contribution is 0.102. The summed E-state index contributed by atoms with van der Waals surface area (Å²) in [5.74, 6) is 0.234. The standard InChI is InChI=1S/C14H12Cl2N2OS/c1-8-5-9(2)18-14(17-8)20-7-13(19)10-3-4-11(15)12(16)6-10/h3-6H,7H2,1-2H3. The van der Waals surface area contributed by atoms with Gasteiger partial charge in [0.25, 0.3) is 0 Å². The Morgan fingerprint density at radius 2 is 1.75 bits per heavy atom. The number of aryl methyl sites for hydroxylation is 2. The number of benzene rings is 1. The molecule has 0 fully saturated rings. The molecule has 1 aromatic carbocycles. The van der Waals surface area contributed by atoms with Crippen LogP contribution in [-0.2, 0) is 0 Å². The van der Waals surface area contributed by atoms with Crippen LogP contribution in [0.1, 0.15) is 21.7 Å². The first-order valence-corrected chi connectivity index (χ1v) is 7.63. The van der Waals surface area contributed by atoms with Crippen LogP contribution in [0, 0.1) is 13.8 Å². The van der Waals surface area contributed by atoms with Gasteiger partial charge in [0, 0.05) is 17.0 Å². The third-order valence-electron chi connectivity index (χ3n) is 2.54. The molecule has 2 aromatic rings.